The average molecular weight is 537 g/mol. The summed E-state index contributed by atoms with van der Waals surface area (Å²) in [4.78, 5) is 0. The first-order chi connectivity index (χ1) is 17.5. The van der Waals surface area contributed by atoms with E-state index in [0.717, 1.165) is 43.1 Å². The van der Waals surface area contributed by atoms with Gasteiger partial charge in [0, 0.05) is 11.1 Å². The minimum atomic E-state index is -4.85. The van der Waals surface area contributed by atoms with Crippen LogP contribution < -0.4 is 0 Å². The third-order valence-electron chi connectivity index (χ3n) is 6.53. The van der Waals surface area contributed by atoms with Crippen LogP contribution in [-0.2, 0) is 23.9 Å². The minimum absolute atomic E-state index is 0.103. The Morgan fingerprint density at radius 1 is 1.05 bits per heavy atom. The Morgan fingerprint density at radius 2 is 1.78 bits per heavy atom. The highest BCUT2D eigenvalue weighted by Crippen LogP contribution is 2.40. The smallest absolute Gasteiger partial charge is 0.417 e. The van der Waals surface area contributed by atoms with Crippen molar-refractivity contribution in [2.75, 3.05) is 12.0 Å². The summed E-state index contributed by atoms with van der Waals surface area (Å²) in [6.45, 7) is 7.64. The van der Waals surface area contributed by atoms with Crippen LogP contribution in [0.15, 0.2) is 66.0 Å². The van der Waals surface area contributed by atoms with Gasteiger partial charge in [-0.2, -0.15) is 24.9 Å². The molecule has 1 saturated carbocycles. The molecule has 2 aromatic carbocycles. The van der Waals surface area contributed by atoms with Crippen LogP contribution in [-0.4, -0.2) is 12.0 Å². The summed E-state index contributed by atoms with van der Waals surface area (Å²) in [7, 11) is 0. The van der Waals surface area contributed by atoms with Crippen molar-refractivity contribution in [1.29, 1.82) is 0 Å². The number of hydrogen-bond acceptors (Lipinski definition) is 2. The van der Waals surface area contributed by atoms with Crippen LogP contribution in [0.3, 0.4) is 0 Å². The van der Waals surface area contributed by atoms with Crippen molar-refractivity contribution in [3.05, 3.63) is 94.3 Å². The van der Waals surface area contributed by atoms with Crippen LogP contribution in [0.4, 0.5) is 22.0 Å². The number of halogens is 5. The normalized spacial score (nSPS) is 18.1. The van der Waals surface area contributed by atoms with Gasteiger partial charge in [0.1, 0.15) is 24.0 Å². The SMILES string of the molecule is C=C(/C=C1/C[C@H](C)C/C1=C/C)OCc1cc(-c2ccc(CCCCSC)cc2F)c(C(F)(F)F)cc1F. The van der Waals surface area contributed by atoms with Crippen molar-refractivity contribution in [3.63, 3.8) is 0 Å². The van der Waals surface area contributed by atoms with E-state index >= 15 is 4.39 Å². The molecule has 37 heavy (non-hydrogen) atoms. The van der Waals surface area contributed by atoms with Crippen LogP contribution in [0.5, 0.6) is 0 Å². The number of unbranched alkanes of at least 4 members (excludes halogenated alkanes) is 1. The molecule has 0 radical (unpaired) electrons. The van der Waals surface area contributed by atoms with Crippen molar-refractivity contribution < 1.29 is 26.7 Å². The molecule has 0 aromatic heterocycles. The maximum Gasteiger partial charge on any atom is 0.417 e. The lowest BCUT2D eigenvalue weighted by atomic mass is 9.94. The molecule has 0 bridgehead atoms. The van der Waals surface area contributed by atoms with Crippen molar-refractivity contribution in [1.82, 2.24) is 0 Å². The van der Waals surface area contributed by atoms with Crippen LogP contribution >= 0.6 is 11.8 Å². The summed E-state index contributed by atoms with van der Waals surface area (Å²) in [5, 5.41) is 0. The zero-order chi connectivity index (χ0) is 27.2. The van der Waals surface area contributed by atoms with Crippen LogP contribution in [0.1, 0.15) is 56.2 Å². The maximum absolute atomic E-state index is 15.0. The Morgan fingerprint density at radius 3 is 2.43 bits per heavy atom. The van der Waals surface area contributed by atoms with Crippen molar-refractivity contribution >= 4 is 11.8 Å². The molecule has 7 heteroatoms. The van der Waals surface area contributed by atoms with Gasteiger partial charge >= 0.3 is 6.18 Å². The Kier molecular flexibility index (Phi) is 10.0. The summed E-state index contributed by atoms with van der Waals surface area (Å²) < 4.78 is 76.8. The van der Waals surface area contributed by atoms with E-state index in [1.54, 1.807) is 23.9 Å². The molecule has 0 aliphatic heterocycles. The van der Waals surface area contributed by atoms with Gasteiger partial charge in [-0.25, -0.2) is 8.78 Å². The highest BCUT2D eigenvalue weighted by Gasteiger charge is 2.35. The standard InChI is InChI=1S/C30H33F5OS/c1-5-22-12-19(2)13-23(22)14-20(3)36-18-24-16-26(27(17-28(24)31)30(33,34)35)25-10-9-21(15-29(25)32)8-6-7-11-37-4/h5,9-10,14-17,19H,3,6-8,11-13,18H2,1-2,4H3/b22-5-,23-14-/t19-/m1/s1. The zero-order valence-electron chi connectivity index (χ0n) is 21.5. The zero-order valence-corrected chi connectivity index (χ0v) is 22.3. The van der Waals surface area contributed by atoms with Gasteiger partial charge in [0.15, 0.2) is 0 Å². The van der Waals surface area contributed by atoms with Gasteiger partial charge in [0.2, 0.25) is 0 Å². The number of thioether (sulfide) groups is 1. The molecule has 1 aliphatic carbocycles. The molecule has 0 saturated heterocycles. The molecular formula is C30H33F5OS. The van der Waals surface area contributed by atoms with Crippen molar-refractivity contribution in [2.24, 2.45) is 5.92 Å². The maximum atomic E-state index is 15.0. The molecule has 0 amide bonds. The molecule has 0 heterocycles. The van der Waals surface area contributed by atoms with Crippen LogP contribution in [0, 0.1) is 17.6 Å². The number of rotatable bonds is 10. The van der Waals surface area contributed by atoms with Crippen molar-refractivity contribution in [2.45, 2.75) is 58.7 Å². The molecule has 1 aliphatic rings. The van der Waals surface area contributed by atoms with Gasteiger partial charge in [0.05, 0.1) is 5.56 Å². The van der Waals surface area contributed by atoms with Crippen molar-refractivity contribution in [3.8, 4) is 11.1 Å². The number of allylic oxidation sites excluding steroid dienone is 4. The van der Waals surface area contributed by atoms with E-state index in [4.69, 9.17) is 4.74 Å². The fourth-order valence-electron chi connectivity index (χ4n) is 4.64. The lowest BCUT2D eigenvalue weighted by Gasteiger charge is -2.17. The predicted octanol–water partition coefficient (Wildman–Crippen LogP) is 9.67. The van der Waals surface area contributed by atoms with E-state index in [2.05, 4.69) is 13.5 Å². The number of ether oxygens (including phenoxy) is 1. The minimum Gasteiger partial charge on any atom is -0.489 e. The van der Waals surface area contributed by atoms with E-state index in [9.17, 15) is 17.6 Å². The number of hydrogen-bond donors (Lipinski definition) is 0. The van der Waals surface area contributed by atoms with E-state index in [0.29, 0.717) is 29.7 Å². The topological polar surface area (TPSA) is 9.23 Å². The Labute approximate surface area is 220 Å². The first-order valence-electron chi connectivity index (χ1n) is 12.4. The van der Waals surface area contributed by atoms with Gasteiger partial charge in [-0.15, -0.1) is 0 Å². The Balaban J connectivity index is 1.86. The summed E-state index contributed by atoms with van der Waals surface area (Å²) in [5.74, 6) is -0.0477. The quantitative estimate of drug-likeness (QED) is 0.170. The first kappa shape index (κ1) is 29.0. The highest BCUT2D eigenvalue weighted by molar-refractivity contribution is 7.98. The van der Waals surface area contributed by atoms with Gasteiger partial charge < -0.3 is 4.74 Å². The van der Waals surface area contributed by atoms with Gasteiger partial charge in [0.25, 0.3) is 0 Å². The monoisotopic (exact) mass is 536 g/mol. The summed E-state index contributed by atoms with van der Waals surface area (Å²) in [6, 6.07) is 5.69. The molecule has 3 rings (SSSR count). The number of alkyl halides is 3. The highest BCUT2D eigenvalue weighted by atomic mass is 32.2. The lowest BCUT2D eigenvalue weighted by Crippen LogP contribution is -2.10. The predicted molar refractivity (Wildman–Crippen MR) is 142 cm³/mol. The first-order valence-corrected chi connectivity index (χ1v) is 13.8. The van der Waals surface area contributed by atoms with Crippen LogP contribution in [0.2, 0.25) is 0 Å². The Bertz CT molecular complexity index is 1180. The largest absolute Gasteiger partial charge is 0.489 e. The second-order valence-electron chi connectivity index (χ2n) is 9.50. The third-order valence-corrected chi connectivity index (χ3v) is 7.22. The van der Waals surface area contributed by atoms with Gasteiger partial charge in [-0.05, 0) is 104 Å². The van der Waals surface area contributed by atoms with E-state index in [1.807, 2.05) is 19.3 Å². The van der Waals surface area contributed by atoms with E-state index in [-0.39, 0.29) is 17.7 Å². The second-order valence-corrected chi connectivity index (χ2v) is 10.5. The lowest BCUT2D eigenvalue weighted by molar-refractivity contribution is -0.137. The van der Waals surface area contributed by atoms with Crippen LogP contribution in [0.25, 0.3) is 11.1 Å². The molecule has 1 nitrogen and oxygen atoms in total. The van der Waals surface area contributed by atoms with Gasteiger partial charge in [-0.1, -0.05) is 31.7 Å². The van der Waals surface area contributed by atoms with Gasteiger partial charge in [-0.3, -0.25) is 0 Å². The third kappa shape index (κ3) is 7.73. The molecule has 1 atom stereocenters. The molecular weight excluding hydrogens is 503 g/mol. The molecule has 0 N–H and O–H groups in total. The molecule has 200 valence electrons. The number of aryl methyl sites for hydroxylation is 1. The number of benzene rings is 2. The second kappa shape index (κ2) is 12.8. The molecule has 1 fully saturated rings. The van der Waals surface area contributed by atoms with E-state index < -0.39 is 28.9 Å². The molecule has 0 spiro atoms. The molecule has 0 unspecified atom stereocenters. The summed E-state index contributed by atoms with van der Waals surface area (Å²) >= 11 is 1.73. The summed E-state index contributed by atoms with van der Waals surface area (Å²) in [6.07, 6.45) is 5.28. The summed E-state index contributed by atoms with van der Waals surface area (Å²) in [5.41, 5.74) is 1.04. The average Bonchev–Trinajstić information content (AvgIpc) is 3.19. The molecule has 2 aromatic rings. The fraction of sp³-hybridized carbons (Fsp3) is 0.400. The Hall–Kier alpha value is -2.54. The fourth-order valence-corrected chi connectivity index (χ4v) is 5.13. The van der Waals surface area contributed by atoms with E-state index in [1.165, 1.54) is 17.7 Å².